The van der Waals surface area contributed by atoms with Crippen LogP contribution in [0.1, 0.15) is 30.6 Å². The van der Waals surface area contributed by atoms with Gasteiger partial charge in [0, 0.05) is 12.5 Å². The maximum atomic E-state index is 11.9. The molecule has 5 heteroatoms. The van der Waals surface area contributed by atoms with Crippen molar-refractivity contribution in [3.63, 3.8) is 0 Å². The van der Waals surface area contributed by atoms with Gasteiger partial charge in [-0.3, -0.25) is 4.79 Å². The molecule has 0 aliphatic heterocycles. The van der Waals surface area contributed by atoms with Crippen LogP contribution < -0.4 is 10.6 Å². The lowest BCUT2D eigenvalue weighted by molar-refractivity contribution is -0.116. The molecule has 2 N–H and O–H groups in total. The molecule has 0 aliphatic rings. The summed E-state index contributed by atoms with van der Waals surface area (Å²) < 4.78 is 4.68. The first kappa shape index (κ1) is 15.2. The quantitative estimate of drug-likeness (QED) is 0.769. The zero-order chi connectivity index (χ0) is 14.3. The first-order valence-electron chi connectivity index (χ1n) is 6.29. The Kier molecular flexibility index (Phi) is 6.02. The van der Waals surface area contributed by atoms with Crippen molar-refractivity contribution in [2.45, 2.75) is 26.3 Å². The second-order valence-electron chi connectivity index (χ2n) is 4.25. The fraction of sp³-hybridized carbons (Fsp3) is 0.429. The van der Waals surface area contributed by atoms with E-state index in [1.807, 2.05) is 13.8 Å². The van der Waals surface area contributed by atoms with Crippen molar-refractivity contribution in [3.05, 3.63) is 29.8 Å². The molecule has 1 atom stereocenters. The molecule has 1 unspecified atom stereocenters. The Labute approximate surface area is 113 Å². The summed E-state index contributed by atoms with van der Waals surface area (Å²) in [6, 6.07) is 6.88. The van der Waals surface area contributed by atoms with Crippen LogP contribution in [0.2, 0.25) is 0 Å². The summed E-state index contributed by atoms with van der Waals surface area (Å²) in [5, 5.41) is 5.89. The molecule has 0 heterocycles. The maximum absolute atomic E-state index is 11.9. The van der Waals surface area contributed by atoms with Crippen LogP contribution in [0.5, 0.6) is 0 Å². The van der Waals surface area contributed by atoms with E-state index in [9.17, 15) is 9.59 Å². The third-order valence-corrected chi connectivity index (χ3v) is 2.65. The van der Waals surface area contributed by atoms with Crippen LogP contribution in [0.3, 0.4) is 0 Å². The predicted octanol–water partition coefficient (Wildman–Crippen LogP) is 1.80. The number of amides is 1. The van der Waals surface area contributed by atoms with E-state index in [2.05, 4.69) is 15.4 Å². The number of carbonyl (C=O) groups excluding carboxylic acids is 2. The average Bonchev–Trinajstić information content (AvgIpc) is 2.38. The number of methoxy groups -OCH3 is 1. The van der Waals surface area contributed by atoms with Crippen molar-refractivity contribution in [3.8, 4) is 0 Å². The van der Waals surface area contributed by atoms with Crippen LogP contribution in [0.25, 0.3) is 0 Å². The molecule has 1 aromatic carbocycles. The van der Waals surface area contributed by atoms with Crippen molar-refractivity contribution < 1.29 is 14.3 Å². The highest BCUT2D eigenvalue weighted by molar-refractivity contribution is 6.01. The molecule has 0 aliphatic carbocycles. The van der Waals surface area contributed by atoms with Crippen LogP contribution in [-0.4, -0.2) is 31.6 Å². The highest BCUT2D eigenvalue weighted by Crippen LogP contribution is 2.16. The lowest BCUT2D eigenvalue weighted by Gasteiger charge is -2.13. The van der Waals surface area contributed by atoms with Crippen LogP contribution in [-0.2, 0) is 9.53 Å². The van der Waals surface area contributed by atoms with Crippen LogP contribution in [0.15, 0.2) is 24.3 Å². The largest absolute Gasteiger partial charge is 0.465 e. The molecular weight excluding hydrogens is 244 g/mol. The highest BCUT2D eigenvalue weighted by Gasteiger charge is 2.14. The number of hydrogen-bond acceptors (Lipinski definition) is 4. The van der Waals surface area contributed by atoms with Gasteiger partial charge in [-0.1, -0.05) is 19.1 Å². The van der Waals surface area contributed by atoms with E-state index < -0.39 is 5.97 Å². The molecule has 0 radical (unpaired) electrons. The summed E-state index contributed by atoms with van der Waals surface area (Å²) in [5.41, 5.74) is 0.831. The highest BCUT2D eigenvalue weighted by atomic mass is 16.5. The van der Waals surface area contributed by atoms with Crippen molar-refractivity contribution >= 4 is 17.6 Å². The van der Waals surface area contributed by atoms with Crippen molar-refractivity contribution in [2.75, 3.05) is 19.0 Å². The van der Waals surface area contributed by atoms with Gasteiger partial charge in [0.05, 0.1) is 18.4 Å². The maximum Gasteiger partial charge on any atom is 0.339 e. The van der Waals surface area contributed by atoms with Gasteiger partial charge >= 0.3 is 5.97 Å². The number of esters is 1. The molecule has 0 saturated carbocycles. The Bertz CT molecular complexity index is 446. The molecule has 0 spiro atoms. The summed E-state index contributed by atoms with van der Waals surface area (Å²) in [7, 11) is 1.31. The van der Waals surface area contributed by atoms with Crippen molar-refractivity contribution in [1.29, 1.82) is 0 Å². The zero-order valence-corrected chi connectivity index (χ0v) is 11.5. The van der Waals surface area contributed by atoms with E-state index >= 15 is 0 Å². The Balaban J connectivity index is 2.71. The van der Waals surface area contributed by atoms with E-state index in [-0.39, 0.29) is 11.9 Å². The zero-order valence-electron chi connectivity index (χ0n) is 11.5. The normalized spacial score (nSPS) is 11.7. The molecule has 1 rings (SSSR count). The fourth-order valence-electron chi connectivity index (χ4n) is 1.78. The van der Waals surface area contributed by atoms with Gasteiger partial charge in [-0.2, -0.15) is 0 Å². The van der Waals surface area contributed by atoms with Gasteiger partial charge in [-0.25, -0.2) is 4.79 Å². The Morgan fingerprint density at radius 3 is 2.63 bits per heavy atom. The topological polar surface area (TPSA) is 67.4 Å². The third kappa shape index (κ3) is 4.71. The molecule has 5 nitrogen and oxygen atoms in total. The van der Waals surface area contributed by atoms with E-state index in [1.54, 1.807) is 24.3 Å². The predicted molar refractivity (Wildman–Crippen MR) is 74.2 cm³/mol. The minimum absolute atomic E-state index is 0.0929. The van der Waals surface area contributed by atoms with Gasteiger partial charge in [-0.15, -0.1) is 0 Å². The number of ether oxygens (including phenoxy) is 1. The molecule has 1 aromatic rings. The minimum Gasteiger partial charge on any atom is -0.465 e. The molecular formula is C14H20N2O3. The Morgan fingerprint density at radius 2 is 2.00 bits per heavy atom. The fourth-order valence-corrected chi connectivity index (χ4v) is 1.78. The summed E-state index contributed by atoms with van der Waals surface area (Å²) in [6.07, 6.45) is 0.351. The summed E-state index contributed by atoms with van der Waals surface area (Å²) in [6.45, 7) is 4.74. The number of nitrogens with one attached hydrogen (secondary N) is 2. The number of hydrogen-bond donors (Lipinski definition) is 2. The van der Waals surface area contributed by atoms with Gasteiger partial charge in [0.2, 0.25) is 5.91 Å². The number of carbonyl (C=O) groups is 2. The van der Waals surface area contributed by atoms with E-state index in [4.69, 9.17) is 0 Å². The standard InChI is InChI=1S/C14H20N2O3/c1-4-15-10(2)9-13(17)16-12-8-6-5-7-11(12)14(18)19-3/h5-8,10,15H,4,9H2,1-3H3,(H,16,17). The van der Waals surface area contributed by atoms with Crippen molar-refractivity contribution in [1.82, 2.24) is 5.32 Å². The first-order chi connectivity index (χ1) is 9.08. The molecule has 0 saturated heterocycles. The first-order valence-corrected chi connectivity index (χ1v) is 6.29. The second-order valence-corrected chi connectivity index (χ2v) is 4.25. The second kappa shape index (κ2) is 7.53. The Morgan fingerprint density at radius 1 is 1.32 bits per heavy atom. The Hall–Kier alpha value is -1.88. The number of rotatable bonds is 6. The van der Waals surface area contributed by atoms with E-state index in [0.717, 1.165) is 6.54 Å². The average molecular weight is 264 g/mol. The number of anilines is 1. The summed E-state index contributed by atoms with van der Waals surface area (Å²) >= 11 is 0. The van der Waals surface area contributed by atoms with Crippen LogP contribution >= 0.6 is 0 Å². The number of benzene rings is 1. The van der Waals surface area contributed by atoms with E-state index in [1.165, 1.54) is 7.11 Å². The van der Waals surface area contributed by atoms with Gasteiger partial charge < -0.3 is 15.4 Å². The lowest BCUT2D eigenvalue weighted by Crippen LogP contribution is -2.30. The van der Waals surface area contributed by atoms with E-state index in [0.29, 0.717) is 17.7 Å². The SMILES string of the molecule is CCNC(C)CC(=O)Nc1ccccc1C(=O)OC. The summed E-state index contributed by atoms with van der Waals surface area (Å²) in [5.74, 6) is -0.597. The third-order valence-electron chi connectivity index (χ3n) is 2.65. The van der Waals surface area contributed by atoms with Gasteiger partial charge in [0.25, 0.3) is 0 Å². The molecule has 0 fully saturated rings. The molecule has 0 bridgehead atoms. The molecule has 1 amide bonds. The molecule has 104 valence electrons. The summed E-state index contributed by atoms with van der Waals surface area (Å²) in [4.78, 5) is 23.4. The monoisotopic (exact) mass is 264 g/mol. The smallest absolute Gasteiger partial charge is 0.339 e. The number of para-hydroxylation sites is 1. The molecule has 19 heavy (non-hydrogen) atoms. The van der Waals surface area contributed by atoms with Crippen LogP contribution in [0.4, 0.5) is 5.69 Å². The molecule has 0 aromatic heterocycles. The van der Waals surface area contributed by atoms with Gasteiger partial charge in [-0.05, 0) is 25.6 Å². The van der Waals surface area contributed by atoms with Crippen molar-refractivity contribution in [2.24, 2.45) is 0 Å². The van der Waals surface area contributed by atoms with Crippen LogP contribution in [0, 0.1) is 0 Å². The van der Waals surface area contributed by atoms with Gasteiger partial charge in [0.1, 0.15) is 0 Å². The van der Waals surface area contributed by atoms with Gasteiger partial charge in [0.15, 0.2) is 0 Å². The minimum atomic E-state index is -0.462. The lowest BCUT2D eigenvalue weighted by atomic mass is 10.1.